The molecule has 0 saturated carbocycles. The third-order valence-corrected chi connectivity index (χ3v) is 1.22. The molecular weight excluding hydrogens is 108 g/mol. The van der Waals surface area contributed by atoms with Crippen molar-refractivity contribution in [2.24, 2.45) is 0 Å². The van der Waals surface area contributed by atoms with E-state index in [2.05, 4.69) is 36.8 Å². The Kier molecular flexibility index (Phi) is 2.91. The van der Waals surface area contributed by atoms with Gasteiger partial charge in [-0.25, -0.2) is 0 Å². The van der Waals surface area contributed by atoms with Crippen LogP contribution in [0, 0.1) is 6.42 Å². The van der Waals surface area contributed by atoms with Crippen molar-refractivity contribution >= 4 is 0 Å². The lowest BCUT2D eigenvalue weighted by atomic mass is 10.3. The van der Waals surface area contributed by atoms with Crippen LogP contribution >= 0.6 is 0 Å². The summed E-state index contributed by atoms with van der Waals surface area (Å²) in [7, 11) is 0. The maximum Gasteiger partial charge on any atom is 0.00473 e. The lowest BCUT2D eigenvalue weighted by Crippen LogP contribution is -1.61. The Hall–Kier alpha value is -0.780. The molecule has 9 heavy (non-hydrogen) atoms. The minimum absolute atomic E-state index is 1.16. The Balaban J connectivity index is 2.43. The maximum absolute atomic E-state index is 2.18. The quantitative estimate of drug-likeness (QED) is 0.460. The summed E-state index contributed by atoms with van der Waals surface area (Å²) in [6, 6.07) is 0. The number of hydrogen-bond donors (Lipinski definition) is 0. The maximum atomic E-state index is 2.18. The van der Waals surface area contributed by atoms with Gasteiger partial charge in [-0.2, -0.15) is 0 Å². The zero-order valence-corrected chi connectivity index (χ0v) is 5.46. The van der Waals surface area contributed by atoms with Gasteiger partial charge in [0.15, 0.2) is 0 Å². The molecule has 0 heteroatoms. The Morgan fingerprint density at radius 3 is 2.33 bits per heavy atom. The highest BCUT2D eigenvalue weighted by atomic mass is 13.8. The van der Waals surface area contributed by atoms with Gasteiger partial charge in [0.1, 0.15) is 0 Å². The fraction of sp³-hybridized carbons (Fsp3) is 0.222. The summed E-state index contributed by atoms with van der Waals surface area (Å²) < 4.78 is 0. The normalized spacial score (nSPS) is 29.3. The molecule has 0 aromatic rings. The van der Waals surface area contributed by atoms with Crippen molar-refractivity contribution in [1.29, 1.82) is 0 Å². The first-order valence-electron chi connectivity index (χ1n) is 3.32. The molecule has 0 nitrogen and oxygen atoms in total. The molecule has 1 radical (unpaired) electrons. The van der Waals surface area contributed by atoms with Crippen molar-refractivity contribution < 1.29 is 0 Å². The van der Waals surface area contributed by atoms with Gasteiger partial charge in [-0.3, -0.25) is 0 Å². The van der Waals surface area contributed by atoms with E-state index in [0.717, 1.165) is 12.8 Å². The Morgan fingerprint density at radius 1 is 0.667 bits per heavy atom. The molecule has 0 bridgehead atoms. The van der Waals surface area contributed by atoms with Crippen molar-refractivity contribution in [2.45, 2.75) is 12.8 Å². The number of rotatable bonds is 0. The second kappa shape index (κ2) is 4.13. The summed E-state index contributed by atoms with van der Waals surface area (Å²) in [5, 5.41) is 0. The topological polar surface area (TPSA) is 0 Å². The molecule has 0 N–H and O–H groups in total. The van der Waals surface area contributed by atoms with E-state index in [1.807, 2.05) is 6.08 Å². The minimum atomic E-state index is 1.16. The predicted molar refractivity (Wildman–Crippen MR) is 41.0 cm³/mol. The van der Waals surface area contributed by atoms with E-state index in [1.165, 1.54) is 0 Å². The molecule has 0 saturated heterocycles. The van der Waals surface area contributed by atoms with Gasteiger partial charge in [-0.15, -0.1) is 0 Å². The summed E-state index contributed by atoms with van der Waals surface area (Å²) in [5.74, 6) is 0. The van der Waals surface area contributed by atoms with Crippen LogP contribution in [0.3, 0.4) is 0 Å². The van der Waals surface area contributed by atoms with Gasteiger partial charge in [0.2, 0.25) is 0 Å². The molecule has 0 aromatic carbocycles. The van der Waals surface area contributed by atoms with Crippen LogP contribution in [0.25, 0.3) is 0 Å². The molecule has 1 aliphatic carbocycles. The van der Waals surface area contributed by atoms with Crippen LogP contribution in [-0.2, 0) is 0 Å². The largest absolute Gasteiger partial charge is 0.0876 e. The Labute approximate surface area is 56.6 Å². The van der Waals surface area contributed by atoms with E-state index in [1.54, 1.807) is 0 Å². The van der Waals surface area contributed by atoms with Crippen LogP contribution in [0.15, 0.2) is 36.5 Å². The van der Waals surface area contributed by atoms with Gasteiger partial charge in [0.05, 0.1) is 0 Å². The lowest BCUT2D eigenvalue weighted by molar-refractivity contribution is 1.05. The first-order valence-corrected chi connectivity index (χ1v) is 3.32. The fourth-order valence-electron chi connectivity index (χ4n) is 0.734. The molecule has 47 valence electrons. The molecule has 0 fully saturated rings. The van der Waals surface area contributed by atoms with Gasteiger partial charge < -0.3 is 0 Å². The molecule has 0 spiro atoms. The van der Waals surface area contributed by atoms with E-state index in [0.29, 0.717) is 0 Å². The van der Waals surface area contributed by atoms with Crippen molar-refractivity contribution in [3.8, 4) is 0 Å². The van der Waals surface area contributed by atoms with E-state index in [-0.39, 0.29) is 0 Å². The van der Waals surface area contributed by atoms with Crippen molar-refractivity contribution in [3.05, 3.63) is 42.9 Å². The summed E-state index contributed by atoms with van der Waals surface area (Å²) in [6.45, 7) is 0. The third kappa shape index (κ3) is 2.91. The Morgan fingerprint density at radius 2 is 1.44 bits per heavy atom. The molecule has 0 heterocycles. The molecule has 0 atom stereocenters. The van der Waals surface area contributed by atoms with Crippen LogP contribution in [0.1, 0.15) is 12.8 Å². The van der Waals surface area contributed by atoms with Gasteiger partial charge in [0.25, 0.3) is 0 Å². The van der Waals surface area contributed by atoms with E-state index >= 15 is 0 Å². The van der Waals surface area contributed by atoms with Crippen LogP contribution in [0.4, 0.5) is 0 Å². The summed E-state index contributed by atoms with van der Waals surface area (Å²) in [6.07, 6.45) is 17.0. The average Bonchev–Trinajstić information content (AvgIpc) is 2.00. The van der Waals surface area contributed by atoms with Crippen molar-refractivity contribution in [3.63, 3.8) is 0 Å². The molecule has 0 unspecified atom stereocenters. The van der Waals surface area contributed by atoms with E-state index in [4.69, 9.17) is 0 Å². The van der Waals surface area contributed by atoms with Gasteiger partial charge >= 0.3 is 0 Å². The first kappa shape index (κ1) is 6.34. The molecule has 1 rings (SSSR count). The molecule has 0 amide bonds. The molecule has 0 aliphatic heterocycles. The average molecular weight is 119 g/mol. The van der Waals surface area contributed by atoms with Crippen LogP contribution in [0.5, 0.6) is 0 Å². The molecule has 0 aromatic heterocycles. The zero-order valence-electron chi connectivity index (χ0n) is 5.46. The summed E-state index contributed by atoms with van der Waals surface area (Å²) >= 11 is 0. The summed E-state index contributed by atoms with van der Waals surface area (Å²) in [5.41, 5.74) is 0. The van der Waals surface area contributed by atoms with Crippen LogP contribution in [-0.4, -0.2) is 0 Å². The third-order valence-electron chi connectivity index (χ3n) is 1.22. The first-order chi connectivity index (χ1) is 4.50. The second-order valence-electron chi connectivity index (χ2n) is 2.01. The standard InChI is InChI=1S/C9H11/c1-2-4-6-8-9-7-5-3-1/h1-7H,8-9H2/b2-1+,6-4-,7-5-. The second-order valence-corrected chi connectivity index (χ2v) is 2.01. The predicted octanol–water partition coefficient (Wildman–Crippen LogP) is 2.65. The zero-order chi connectivity index (χ0) is 6.36. The number of allylic oxidation sites excluding steroid dienone is 6. The molecule has 1 aliphatic rings. The van der Waals surface area contributed by atoms with E-state index in [9.17, 15) is 0 Å². The van der Waals surface area contributed by atoms with Gasteiger partial charge in [0, 0.05) is 6.42 Å². The monoisotopic (exact) mass is 119 g/mol. The number of hydrogen-bond acceptors (Lipinski definition) is 0. The van der Waals surface area contributed by atoms with Crippen molar-refractivity contribution in [2.75, 3.05) is 0 Å². The molecular formula is C9H11. The van der Waals surface area contributed by atoms with Crippen molar-refractivity contribution in [1.82, 2.24) is 0 Å². The Bertz CT molecular complexity index is 138. The van der Waals surface area contributed by atoms with Crippen LogP contribution < -0.4 is 0 Å². The summed E-state index contributed by atoms with van der Waals surface area (Å²) in [4.78, 5) is 0. The van der Waals surface area contributed by atoms with Crippen LogP contribution in [0.2, 0.25) is 0 Å². The minimum Gasteiger partial charge on any atom is -0.0876 e. The fourth-order valence-corrected chi connectivity index (χ4v) is 0.734. The van der Waals surface area contributed by atoms with Gasteiger partial charge in [-0.1, -0.05) is 36.5 Å². The highest BCUT2D eigenvalue weighted by molar-refractivity contribution is 5.15. The highest BCUT2D eigenvalue weighted by Gasteiger charge is 1.77. The van der Waals surface area contributed by atoms with E-state index < -0.39 is 0 Å². The SMILES string of the molecule is [CH]1/C=C\CC/C=C\C=C\1. The van der Waals surface area contributed by atoms with Gasteiger partial charge in [-0.05, 0) is 12.8 Å². The highest BCUT2D eigenvalue weighted by Crippen LogP contribution is 1.97. The smallest absolute Gasteiger partial charge is 0.00473 e. The lowest BCUT2D eigenvalue weighted by Gasteiger charge is -1.81.